The predicted molar refractivity (Wildman–Crippen MR) is 62.4 cm³/mol. The minimum atomic E-state index is -4.81. The number of ether oxygens (including phenoxy) is 3. The van der Waals surface area contributed by atoms with Crippen LogP contribution in [-0.2, 0) is 11.3 Å². The number of hydrogen-bond acceptors (Lipinski definition) is 3. The van der Waals surface area contributed by atoms with Crippen molar-refractivity contribution in [2.45, 2.75) is 18.5 Å². The highest BCUT2D eigenvalue weighted by atomic mass is 19.3. The van der Waals surface area contributed by atoms with Crippen molar-refractivity contribution in [3.05, 3.63) is 35.3 Å². The molecule has 0 aromatic heterocycles. The van der Waals surface area contributed by atoms with E-state index >= 15 is 0 Å². The number of alkyl halides is 4. The Balaban J connectivity index is 2.16. The highest BCUT2D eigenvalue weighted by Gasteiger charge is 2.74. The van der Waals surface area contributed by atoms with Crippen LogP contribution in [0.3, 0.4) is 0 Å². The van der Waals surface area contributed by atoms with E-state index in [4.69, 9.17) is 9.47 Å². The van der Waals surface area contributed by atoms with Crippen molar-refractivity contribution in [3.63, 3.8) is 0 Å². The molecule has 0 N–H and O–H groups in total. The van der Waals surface area contributed by atoms with E-state index < -0.39 is 30.0 Å². The zero-order valence-corrected chi connectivity index (χ0v) is 11.1. The fourth-order valence-corrected chi connectivity index (χ4v) is 1.76. The molecular weight excluding hydrogens is 299 g/mol. The van der Waals surface area contributed by atoms with Crippen molar-refractivity contribution in [1.82, 2.24) is 0 Å². The Labute approximate surface area is 116 Å². The quantitative estimate of drug-likeness (QED) is 0.776. The van der Waals surface area contributed by atoms with Gasteiger partial charge < -0.3 is 14.2 Å². The Bertz CT molecular complexity index is 561. The number of halogens is 5. The molecule has 0 spiro atoms. The maximum absolute atomic E-state index is 13.0. The first-order valence-corrected chi connectivity index (χ1v) is 5.75. The van der Waals surface area contributed by atoms with E-state index in [2.05, 4.69) is 4.74 Å². The molecule has 0 aliphatic heterocycles. The van der Waals surface area contributed by atoms with Gasteiger partial charge in [0.1, 0.15) is 18.1 Å². The van der Waals surface area contributed by atoms with Crippen LogP contribution in [0.5, 0.6) is 11.5 Å². The summed E-state index contributed by atoms with van der Waals surface area (Å²) < 4.78 is 78.6. The fraction of sp³-hybridized carbons (Fsp3) is 0.385. The van der Waals surface area contributed by atoms with Crippen molar-refractivity contribution >= 4 is 0 Å². The molecule has 1 aromatic rings. The Morgan fingerprint density at radius 2 is 1.43 bits per heavy atom. The maximum atomic E-state index is 13.0. The van der Waals surface area contributed by atoms with Gasteiger partial charge in [0.15, 0.2) is 0 Å². The number of benzene rings is 1. The number of methoxy groups -OCH3 is 2. The highest BCUT2D eigenvalue weighted by Crippen LogP contribution is 2.56. The van der Waals surface area contributed by atoms with Gasteiger partial charge in [0.2, 0.25) is 11.6 Å². The Morgan fingerprint density at radius 1 is 0.905 bits per heavy atom. The summed E-state index contributed by atoms with van der Waals surface area (Å²) in [7, 11) is 2.75. The third-order valence-electron chi connectivity index (χ3n) is 2.95. The van der Waals surface area contributed by atoms with Crippen LogP contribution in [0, 0.1) is 0 Å². The molecule has 1 aromatic carbocycles. The van der Waals surface area contributed by atoms with Crippen LogP contribution in [0.25, 0.3) is 0 Å². The van der Waals surface area contributed by atoms with Crippen LogP contribution >= 0.6 is 0 Å². The summed E-state index contributed by atoms with van der Waals surface area (Å²) in [6, 6.07) is 4.38. The smallest absolute Gasteiger partial charge is 0.375 e. The summed E-state index contributed by atoms with van der Waals surface area (Å²) in [6.45, 7) is -0.526. The van der Waals surface area contributed by atoms with E-state index in [1.807, 2.05) is 0 Å². The molecule has 0 heterocycles. The summed E-state index contributed by atoms with van der Waals surface area (Å²) in [4.78, 5) is 0. The molecule has 116 valence electrons. The Hall–Kier alpha value is -1.99. The van der Waals surface area contributed by atoms with Crippen molar-refractivity contribution < 1.29 is 36.2 Å². The zero-order valence-electron chi connectivity index (χ0n) is 11.1. The number of hydrogen-bond donors (Lipinski definition) is 0. The third-order valence-corrected chi connectivity index (χ3v) is 2.95. The van der Waals surface area contributed by atoms with Gasteiger partial charge in [0.05, 0.1) is 14.2 Å². The molecule has 2 rings (SSSR count). The normalized spacial score (nSPS) is 19.0. The lowest BCUT2D eigenvalue weighted by molar-refractivity contribution is -0.233. The van der Waals surface area contributed by atoms with E-state index in [0.29, 0.717) is 17.1 Å². The topological polar surface area (TPSA) is 27.7 Å². The molecule has 0 fully saturated rings. The molecule has 0 saturated carbocycles. The molecule has 0 saturated heterocycles. The van der Waals surface area contributed by atoms with Gasteiger partial charge in [0.25, 0.3) is 0 Å². The SMILES string of the molecule is COc1cc(COC2=C(F)C(F)(F)C2(F)F)cc(OC)c1. The van der Waals surface area contributed by atoms with Gasteiger partial charge in [-0.05, 0) is 17.7 Å². The second-order valence-corrected chi connectivity index (χ2v) is 4.30. The van der Waals surface area contributed by atoms with Gasteiger partial charge >= 0.3 is 11.8 Å². The zero-order chi connectivity index (χ0) is 15.8. The van der Waals surface area contributed by atoms with Crippen molar-refractivity contribution in [2.24, 2.45) is 0 Å². The van der Waals surface area contributed by atoms with Crippen molar-refractivity contribution in [3.8, 4) is 11.5 Å². The predicted octanol–water partition coefficient (Wildman–Crippen LogP) is 3.69. The summed E-state index contributed by atoms with van der Waals surface area (Å²) >= 11 is 0. The molecular formula is C13H11F5O3. The molecule has 3 nitrogen and oxygen atoms in total. The summed E-state index contributed by atoms with van der Waals surface area (Å²) in [5.41, 5.74) is 0.303. The van der Waals surface area contributed by atoms with Gasteiger partial charge in [-0.15, -0.1) is 0 Å². The molecule has 1 aliphatic carbocycles. The van der Waals surface area contributed by atoms with Crippen molar-refractivity contribution in [2.75, 3.05) is 14.2 Å². The van der Waals surface area contributed by atoms with Gasteiger partial charge in [-0.1, -0.05) is 0 Å². The van der Waals surface area contributed by atoms with Crippen LogP contribution in [0.2, 0.25) is 0 Å². The molecule has 21 heavy (non-hydrogen) atoms. The van der Waals surface area contributed by atoms with Crippen LogP contribution in [-0.4, -0.2) is 26.1 Å². The first kappa shape index (κ1) is 15.4. The Morgan fingerprint density at radius 3 is 1.86 bits per heavy atom. The average molecular weight is 310 g/mol. The molecule has 8 heteroatoms. The summed E-state index contributed by atoms with van der Waals surface area (Å²) in [5.74, 6) is -12.6. The van der Waals surface area contributed by atoms with E-state index in [0.717, 1.165) is 0 Å². The van der Waals surface area contributed by atoms with Gasteiger partial charge in [0, 0.05) is 6.07 Å². The van der Waals surface area contributed by atoms with Gasteiger partial charge in [-0.3, -0.25) is 0 Å². The highest BCUT2D eigenvalue weighted by molar-refractivity contribution is 5.39. The first-order chi connectivity index (χ1) is 9.73. The largest absolute Gasteiger partial charge is 0.497 e. The second-order valence-electron chi connectivity index (χ2n) is 4.30. The molecule has 0 atom stereocenters. The second kappa shape index (κ2) is 5.09. The van der Waals surface area contributed by atoms with Crippen molar-refractivity contribution in [1.29, 1.82) is 0 Å². The van der Waals surface area contributed by atoms with E-state index in [9.17, 15) is 22.0 Å². The van der Waals surface area contributed by atoms with Crippen LogP contribution in [0.4, 0.5) is 22.0 Å². The molecule has 0 amide bonds. The minimum absolute atomic E-state index is 0.303. The summed E-state index contributed by atoms with van der Waals surface area (Å²) in [5, 5.41) is 0. The molecule has 0 unspecified atom stereocenters. The van der Waals surface area contributed by atoms with Crippen LogP contribution in [0.15, 0.2) is 29.8 Å². The van der Waals surface area contributed by atoms with Crippen LogP contribution < -0.4 is 9.47 Å². The standard InChI is InChI=1S/C13H11F5O3/c1-19-8-3-7(4-9(5-8)20-2)6-21-11-10(14)12(15,16)13(11,17)18/h3-5H,6H2,1-2H3. The lowest BCUT2D eigenvalue weighted by atomic mass is 9.96. The Kier molecular flexibility index (Phi) is 3.73. The summed E-state index contributed by atoms with van der Waals surface area (Å²) in [6.07, 6.45) is 0. The van der Waals surface area contributed by atoms with E-state index in [1.54, 1.807) is 0 Å². The first-order valence-electron chi connectivity index (χ1n) is 5.75. The van der Waals surface area contributed by atoms with E-state index in [1.165, 1.54) is 32.4 Å². The maximum Gasteiger partial charge on any atom is 0.375 e. The molecule has 1 aliphatic rings. The van der Waals surface area contributed by atoms with E-state index in [-0.39, 0.29) is 0 Å². The number of rotatable bonds is 5. The fourth-order valence-electron chi connectivity index (χ4n) is 1.76. The monoisotopic (exact) mass is 310 g/mol. The number of allylic oxidation sites excluding steroid dienone is 2. The average Bonchev–Trinajstić information content (AvgIpc) is 2.46. The minimum Gasteiger partial charge on any atom is -0.497 e. The lowest BCUT2D eigenvalue weighted by Crippen LogP contribution is -2.53. The lowest BCUT2D eigenvalue weighted by Gasteiger charge is -2.35. The van der Waals surface area contributed by atoms with Gasteiger partial charge in [-0.2, -0.15) is 17.6 Å². The molecule has 0 bridgehead atoms. The molecule has 0 radical (unpaired) electrons. The van der Waals surface area contributed by atoms with Crippen LogP contribution in [0.1, 0.15) is 5.56 Å². The van der Waals surface area contributed by atoms with Gasteiger partial charge in [-0.25, -0.2) is 4.39 Å². The third kappa shape index (κ3) is 2.38.